The molecule has 1 aliphatic carbocycles. The van der Waals surface area contributed by atoms with Gasteiger partial charge in [0.2, 0.25) is 0 Å². The van der Waals surface area contributed by atoms with Crippen molar-refractivity contribution in [2.45, 2.75) is 44.6 Å². The molecule has 1 atom stereocenters. The zero-order valence-corrected chi connectivity index (χ0v) is 11.1. The van der Waals surface area contributed by atoms with Gasteiger partial charge in [-0.25, -0.2) is 4.99 Å². The van der Waals surface area contributed by atoms with Gasteiger partial charge in [0.1, 0.15) is 0 Å². The van der Waals surface area contributed by atoms with Crippen LogP contribution in [-0.2, 0) is 9.53 Å². The van der Waals surface area contributed by atoms with Gasteiger partial charge in [0.15, 0.2) is 0 Å². The van der Waals surface area contributed by atoms with Crippen molar-refractivity contribution in [3.63, 3.8) is 0 Å². The van der Waals surface area contributed by atoms with Gasteiger partial charge in [-0.1, -0.05) is 32.1 Å². The molecule has 2 rings (SSSR count). The quantitative estimate of drug-likeness (QED) is 0.717. The van der Waals surface area contributed by atoms with Crippen LogP contribution in [0.3, 0.4) is 0 Å². The van der Waals surface area contributed by atoms with Gasteiger partial charge in [0, 0.05) is 13.1 Å². The maximum Gasteiger partial charge on any atom is 0.262 e. The number of morpholine rings is 1. The third-order valence-corrected chi connectivity index (χ3v) is 4.21. The van der Waals surface area contributed by atoms with E-state index in [0.717, 1.165) is 32.7 Å². The van der Waals surface area contributed by atoms with Gasteiger partial charge in [-0.3, -0.25) is 9.69 Å². The summed E-state index contributed by atoms with van der Waals surface area (Å²) in [6.07, 6.45) is 7.48. The Morgan fingerprint density at radius 3 is 2.56 bits per heavy atom. The van der Waals surface area contributed by atoms with E-state index in [2.05, 4.69) is 16.6 Å². The molecule has 0 aromatic carbocycles. The molecule has 0 aromatic heterocycles. The van der Waals surface area contributed by atoms with E-state index in [1.807, 2.05) is 0 Å². The Bertz CT molecular complexity index is 282. The Labute approximate surface area is 109 Å². The predicted molar refractivity (Wildman–Crippen MR) is 71.9 cm³/mol. The molecule has 4 nitrogen and oxygen atoms in total. The fraction of sp³-hybridized carbons (Fsp3) is 0.857. The number of nitrogens with zero attached hydrogens (tertiary/aromatic N) is 2. The molecule has 0 spiro atoms. The van der Waals surface area contributed by atoms with Gasteiger partial charge in [0.25, 0.3) is 5.91 Å². The van der Waals surface area contributed by atoms with Gasteiger partial charge in [-0.05, 0) is 19.1 Å². The highest BCUT2D eigenvalue weighted by Gasteiger charge is 2.29. The first kappa shape index (κ1) is 13.7. The number of rotatable bonds is 4. The van der Waals surface area contributed by atoms with Gasteiger partial charge in [0.05, 0.1) is 19.3 Å². The maximum absolute atomic E-state index is 12.0. The number of ether oxygens (including phenoxy) is 1. The Morgan fingerprint density at radius 2 is 1.94 bits per heavy atom. The molecule has 1 saturated carbocycles. The second kappa shape index (κ2) is 7.00. The van der Waals surface area contributed by atoms with Crippen molar-refractivity contribution in [1.82, 2.24) is 4.90 Å². The number of aliphatic imine (C=N–C) groups is 1. The Balaban J connectivity index is 1.94. The SMILES string of the molecule is C=NC(=O)C(CC1CCCCC1)N1CCOCC1. The lowest BCUT2D eigenvalue weighted by Gasteiger charge is -2.35. The van der Waals surface area contributed by atoms with Crippen LogP contribution in [0.5, 0.6) is 0 Å². The van der Waals surface area contributed by atoms with E-state index in [1.54, 1.807) is 0 Å². The van der Waals surface area contributed by atoms with Crippen LogP contribution in [0.25, 0.3) is 0 Å². The van der Waals surface area contributed by atoms with Crippen molar-refractivity contribution >= 4 is 12.6 Å². The van der Waals surface area contributed by atoms with Crippen molar-refractivity contribution in [1.29, 1.82) is 0 Å². The molecule has 1 amide bonds. The van der Waals surface area contributed by atoms with Crippen LogP contribution in [-0.4, -0.2) is 49.9 Å². The first-order valence-electron chi connectivity index (χ1n) is 7.13. The van der Waals surface area contributed by atoms with E-state index in [1.165, 1.54) is 32.1 Å². The molecule has 4 heteroatoms. The smallest absolute Gasteiger partial charge is 0.262 e. The van der Waals surface area contributed by atoms with Crippen LogP contribution in [0.1, 0.15) is 38.5 Å². The molecule has 0 bridgehead atoms. The average molecular weight is 252 g/mol. The van der Waals surface area contributed by atoms with E-state index >= 15 is 0 Å². The monoisotopic (exact) mass is 252 g/mol. The summed E-state index contributed by atoms with van der Waals surface area (Å²) in [6, 6.07) is -0.0606. The highest BCUT2D eigenvalue weighted by atomic mass is 16.5. The minimum Gasteiger partial charge on any atom is -0.379 e. The molecule has 102 valence electrons. The van der Waals surface area contributed by atoms with Crippen molar-refractivity contribution < 1.29 is 9.53 Å². The molecule has 2 fully saturated rings. The average Bonchev–Trinajstić information content (AvgIpc) is 2.46. The fourth-order valence-electron chi connectivity index (χ4n) is 3.14. The zero-order chi connectivity index (χ0) is 12.8. The summed E-state index contributed by atoms with van der Waals surface area (Å²) in [6.45, 7) is 6.56. The summed E-state index contributed by atoms with van der Waals surface area (Å²) in [4.78, 5) is 17.9. The van der Waals surface area contributed by atoms with Gasteiger partial charge in [-0.2, -0.15) is 0 Å². The van der Waals surface area contributed by atoms with Crippen LogP contribution in [0.4, 0.5) is 0 Å². The second-order valence-electron chi connectivity index (χ2n) is 5.40. The van der Waals surface area contributed by atoms with E-state index < -0.39 is 0 Å². The number of carbonyl (C=O) groups excluding carboxylic acids is 1. The molecule has 0 aromatic rings. The van der Waals surface area contributed by atoms with Crippen molar-refractivity contribution in [2.75, 3.05) is 26.3 Å². The molecule has 0 N–H and O–H groups in total. The number of amides is 1. The van der Waals surface area contributed by atoms with Crippen molar-refractivity contribution in [3.8, 4) is 0 Å². The summed E-state index contributed by atoms with van der Waals surface area (Å²) in [5.41, 5.74) is 0. The molecular weight excluding hydrogens is 228 g/mol. The maximum atomic E-state index is 12.0. The van der Waals surface area contributed by atoms with E-state index in [4.69, 9.17) is 4.74 Å². The summed E-state index contributed by atoms with van der Waals surface area (Å²) in [7, 11) is 0. The third-order valence-electron chi connectivity index (χ3n) is 4.21. The minimum absolute atomic E-state index is 0.0533. The van der Waals surface area contributed by atoms with Crippen LogP contribution < -0.4 is 0 Å². The summed E-state index contributed by atoms with van der Waals surface area (Å²) >= 11 is 0. The minimum atomic E-state index is -0.0606. The fourth-order valence-corrected chi connectivity index (χ4v) is 3.14. The normalized spacial score (nSPS) is 24.7. The lowest BCUT2D eigenvalue weighted by Crippen LogP contribution is -2.47. The van der Waals surface area contributed by atoms with Crippen LogP contribution in [0.2, 0.25) is 0 Å². The van der Waals surface area contributed by atoms with Gasteiger partial charge in [-0.15, -0.1) is 0 Å². The molecule has 1 unspecified atom stereocenters. The summed E-state index contributed by atoms with van der Waals surface area (Å²) < 4.78 is 5.35. The topological polar surface area (TPSA) is 41.9 Å². The Kier molecular flexibility index (Phi) is 5.32. The van der Waals surface area contributed by atoms with Gasteiger partial charge < -0.3 is 4.74 Å². The second-order valence-corrected chi connectivity index (χ2v) is 5.40. The standard InChI is InChI=1S/C14H24N2O2/c1-15-14(17)13(16-7-9-18-10-8-16)11-12-5-3-2-4-6-12/h12-13H,1-11H2. The zero-order valence-electron chi connectivity index (χ0n) is 11.1. The Hall–Kier alpha value is -0.740. The molecule has 18 heavy (non-hydrogen) atoms. The lowest BCUT2D eigenvalue weighted by atomic mass is 9.84. The highest BCUT2D eigenvalue weighted by molar-refractivity contribution is 5.85. The molecule has 2 aliphatic rings. The first-order chi connectivity index (χ1) is 8.81. The molecule has 1 saturated heterocycles. The number of hydrogen-bond acceptors (Lipinski definition) is 3. The molecular formula is C14H24N2O2. The summed E-state index contributed by atoms with van der Waals surface area (Å²) in [5, 5.41) is 0. The predicted octanol–water partition coefficient (Wildman–Crippen LogP) is 1.88. The van der Waals surface area contributed by atoms with E-state index in [-0.39, 0.29) is 11.9 Å². The van der Waals surface area contributed by atoms with Crippen LogP contribution in [0, 0.1) is 5.92 Å². The third kappa shape index (κ3) is 3.62. The lowest BCUT2D eigenvalue weighted by molar-refractivity contribution is -0.125. The van der Waals surface area contributed by atoms with E-state index in [0.29, 0.717) is 5.92 Å². The van der Waals surface area contributed by atoms with Crippen molar-refractivity contribution in [3.05, 3.63) is 0 Å². The van der Waals surface area contributed by atoms with Crippen molar-refractivity contribution in [2.24, 2.45) is 10.9 Å². The molecule has 1 aliphatic heterocycles. The number of hydrogen-bond donors (Lipinski definition) is 0. The van der Waals surface area contributed by atoms with Crippen LogP contribution in [0.15, 0.2) is 4.99 Å². The van der Waals surface area contributed by atoms with Crippen LogP contribution >= 0.6 is 0 Å². The Morgan fingerprint density at radius 1 is 1.28 bits per heavy atom. The molecule has 1 heterocycles. The summed E-state index contributed by atoms with van der Waals surface area (Å²) in [5.74, 6) is 0.639. The molecule has 0 radical (unpaired) electrons. The number of carbonyl (C=O) groups is 1. The first-order valence-corrected chi connectivity index (χ1v) is 7.13. The van der Waals surface area contributed by atoms with Gasteiger partial charge >= 0.3 is 0 Å². The van der Waals surface area contributed by atoms with E-state index in [9.17, 15) is 4.79 Å². The largest absolute Gasteiger partial charge is 0.379 e. The highest BCUT2D eigenvalue weighted by Crippen LogP contribution is 2.29.